The maximum absolute atomic E-state index is 11.4. The Balaban J connectivity index is 2.43. The van der Waals surface area contributed by atoms with Crippen molar-refractivity contribution >= 4 is 17.5 Å². The molecule has 0 saturated carbocycles. The smallest absolute Gasteiger partial charge is 0.246 e. The lowest BCUT2D eigenvalue weighted by Gasteiger charge is -2.29. The molecule has 1 aromatic heterocycles. The monoisotopic (exact) mass is 248 g/mol. The number of hydrogen-bond donors (Lipinski definition) is 2. The molecule has 6 heteroatoms. The topological polar surface area (TPSA) is 88.3 Å². The molecule has 2 rings (SSSR count). The first kappa shape index (κ1) is 12.5. The molecular formula is C12H16N4O2. The Morgan fingerprint density at radius 1 is 1.33 bits per heavy atom. The Bertz CT molecular complexity index is 497. The van der Waals surface area contributed by atoms with Gasteiger partial charge in [0.15, 0.2) is 0 Å². The van der Waals surface area contributed by atoms with Crippen molar-refractivity contribution in [3.8, 4) is 0 Å². The molecule has 0 aliphatic carbocycles. The predicted octanol–water partition coefficient (Wildman–Crippen LogP) is -0.380. The van der Waals surface area contributed by atoms with Gasteiger partial charge in [-0.05, 0) is 19.9 Å². The van der Waals surface area contributed by atoms with Crippen molar-refractivity contribution in [3.05, 3.63) is 23.0 Å². The van der Waals surface area contributed by atoms with E-state index in [9.17, 15) is 9.59 Å². The molecule has 0 spiro atoms. The average molecular weight is 248 g/mol. The fourth-order valence-electron chi connectivity index (χ4n) is 2.18. The van der Waals surface area contributed by atoms with Crippen molar-refractivity contribution in [3.63, 3.8) is 0 Å². The highest BCUT2D eigenvalue weighted by atomic mass is 16.2. The summed E-state index contributed by atoms with van der Waals surface area (Å²) in [6.07, 6.45) is 0. The number of carbonyl (C=O) groups excluding carboxylic acids is 2. The molecule has 96 valence electrons. The summed E-state index contributed by atoms with van der Waals surface area (Å²) in [5, 5.41) is 2.28. The van der Waals surface area contributed by atoms with E-state index in [-0.39, 0.29) is 24.9 Å². The Labute approximate surface area is 105 Å². The van der Waals surface area contributed by atoms with Crippen LogP contribution in [0, 0.1) is 13.8 Å². The largest absolute Gasteiger partial charge is 0.353 e. The zero-order valence-electron chi connectivity index (χ0n) is 10.5. The summed E-state index contributed by atoms with van der Waals surface area (Å²) < 4.78 is 0. The summed E-state index contributed by atoms with van der Waals surface area (Å²) in [5.41, 5.74) is 9.11. The number of amides is 2. The maximum Gasteiger partial charge on any atom is 0.246 e. The number of nitrogens with zero attached hydrogens (tertiary/aromatic N) is 2. The number of carbonyl (C=O) groups is 2. The second-order valence-electron chi connectivity index (χ2n) is 4.38. The number of pyridine rings is 1. The predicted molar refractivity (Wildman–Crippen MR) is 67.0 cm³/mol. The number of aromatic nitrogens is 1. The van der Waals surface area contributed by atoms with Crippen LogP contribution in [0.5, 0.6) is 0 Å². The number of nitrogens with two attached hydrogens (primary N) is 1. The molecule has 0 bridgehead atoms. The zero-order valence-corrected chi connectivity index (χ0v) is 10.5. The summed E-state index contributed by atoms with van der Waals surface area (Å²) in [4.78, 5) is 28.9. The molecule has 0 aromatic carbocycles. The minimum Gasteiger partial charge on any atom is -0.353 e. The van der Waals surface area contributed by atoms with Crippen LogP contribution in [0.15, 0.2) is 6.07 Å². The number of nitrogens with one attached hydrogen (secondary N) is 1. The van der Waals surface area contributed by atoms with Crippen LogP contribution in [0.1, 0.15) is 17.0 Å². The van der Waals surface area contributed by atoms with Crippen molar-refractivity contribution in [2.24, 2.45) is 5.73 Å². The highest BCUT2D eigenvalue weighted by Crippen LogP contribution is 2.24. The van der Waals surface area contributed by atoms with Gasteiger partial charge in [-0.3, -0.25) is 19.9 Å². The van der Waals surface area contributed by atoms with E-state index in [4.69, 9.17) is 5.73 Å². The molecule has 0 unspecified atom stereocenters. The first-order valence-corrected chi connectivity index (χ1v) is 5.76. The fraction of sp³-hybridized carbons (Fsp3) is 0.417. The van der Waals surface area contributed by atoms with Crippen LogP contribution < -0.4 is 16.0 Å². The van der Waals surface area contributed by atoms with Crippen LogP contribution in [0.4, 0.5) is 5.69 Å². The lowest BCUT2D eigenvalue weighted by molar-refractivity contribution is -0.130. The molecule has 1 saturated heterocycles. The number of piperazine rings is 1. The lowest BCUT2D eigenvalue weighted by atomic mass is 10.1. The van der Waals surface area contributed by atoms with Crippen molar-refractivity contribution in [1.82, 2.24) is 10.3 Å². The highest BCUT2D eigenvalue weighted by molar-refractivity contribution is 6.02. The molecule has 0 atom stereocenters. The second kappa shape index (κ2) is 4.73. The van der Waals surface area contributed by atoms with Crippen LogP contribution in [0.3, 0.4) is 0 Å². The van der Waals surface area contributed by atoms with E-state index >= 15 is 0 Å². The van der Waals surface area contributed by atoms with Crippen LogP contribution in [-0.2, 0) is 16.1 Å². The lowest BCUT2D eigenvalue weighted by Crippen LogP contribution is -2.51. The Hall–Kier alpha value is -1.95. The van der Waals surface area contributed by atoms with Gasteiger partial charge in [0.2, 0.25) is 11.8 Å². The van der Waals surface area contributed by atoms with Gasteiger partial charge in [-0.15, -0.1) is 0 Å². The molecule has 6 nitrogen and oxygen atoms in total. The quantitative estimate of drug-likeness (QED) is 0.696. The minimum atomic E-state index is -0.290. The average Bonchev–Trinajstić information content (AvgIpc) is 2.26. The molecule has 0 radical (unpaired) electrons. The number of rotatable bonds is 2. The van der Waals surface area contributed by atoms with Gasteiger partial charge in [0.1, 0.15) is 0 Å². The van der Waals surface area contributed by atoms with Gasteiger partial charge < -0.3 is 10.6 Å². The normalized spacial score (nSPS) is 15.8. The third-order valence-corrected chi connectivity index (χ3v) is 2.93. The van der Waals surface area contributed by atoms with Gasteiger partial charge in [0, 0.05) is 29.2 Å². The fourth-order valence-corrected chi connectivity index (χ4v) is 2.18. The first-order valence-electron chi connectivity index (χ1n) is 5.76. The van der Waals surface area contributed by atoms with E-state index in [0.29, 0.717) is 6.54 Å². The minimum absolute atomic E-state index is 0.168. The molecule has 18 heavy (non-hydrogen) atoms. The molecule has 3 N–H and O–H groups in total. The SMILES string of the molecule is Cc1cc(N2CC(=O)NC(=O)C2)c(CN)c(C)n1. The highest BCUT2D eigenvalue weighted by Gasteiger charge is 2.24. The van der Waals surface area contributed by atoms with Crippen LogP contribution in [-0.4, -0.2) is 29.9 Å². The summed E-state index contributed by atoms with van der Waals surface area (Å²) in [6, 6.07) is 1.86. The van der Waals surface area contributed by atoms with Crippen LogP contribution in [0.25, 0.3) is 0 Å². The van der Waals surface area contributed by atoms with E-state index < -0.39 is 0 Å². The molecule has 1 fully saturated rings. The molecule has 2 heterocycles. The van der Waals surface area contributed by atoms with Crippen LogP contribution >= 0.6 is 0 Å². The molecule has 1 aliphatic heterocycles. The number of anilines is 1. The van der Waals surface area contributed by atoms with E-state index in [1.165, 1.54) is 0 Å². The Morgan fingerprint density at radius 2 is 1.94 bits per heavy atom. The van der Waals surface area contributed by atoms with Crippen molar-refractivity contribution < 1.29 is 9.59 Å². The van der Waals surface area contributed by atoms with Gasteiger partial charge in [0.25, 0.3) is 0 Å². The summed E-state index contributed by atoms with van der Waals surface area (Å²) in [6.45, 7) is 4.43. The molecular weight excluding hydrogens is 232 g/mol. The molecule has 2 amide bonds. The van der Waals surface area contributed by atoms with Gasteiger partial charge in [-0.1, -0.05) is 0 Å². The van der Waals surface area contributed by atoms with Crippen molar-refractivity contribution in [1.29, 1.82) is 0 Å². The third kappa shape index (κ3) is 2.33. The van der Waals surface area contributed by atoms with E-state index in [0.717, 1.165) is 22.6 Å². The number of imide groups is 1. The van der Waals surface area contributed by atoms with Gasteiger partial charge >= 0.3 is 0 Å². The van der Waals surface area contributed by atoms with Crippen LogP contribution in [0.2, 0.25) is 0 Å². The summed E-state index contributed by atoms with van der Waals surface area (Å²) in [5.74, 6) is -0.581. The number of aryl methyl sites for hydroxylation is 2. The van der Waals surface area contributed by atoms with E-state index in [2.05, 4.69) is 10.3 Å². The molecule has 1 aliphatic rings. The summed E-state index contributed by atoms with van der Waals surface area (Å²) >= 11 is 0. The van der Waals surface area contributed by atoms with Gasteiger partial charge in [0.05, 0.1) is 13.1 Å². The third-order valence-electron chi connectivity index (χ3n) is 2.93. The Kier molecular flexibility index (Phi) is 3.29. The zero-order chi connectivity index (χ0) is 13.3. The van der Waals surface area contributed by atoms with Crippen molar-refractivity contribution in [2.45, 2.75) is 20.4 Å². The maximum atomic E-state index is 11.4. The van der Waals surface area contributed by atoms with Crippen molar-refractivity contribution in [2.75, 3.05) is 18.0 Å². The first-order chi connectivity index (χ1) is 8.51. The van der Waals surface area contributed by atoms with E-state index in [1.54, 1.807) is 4.90 Å². The number of hydrogen-bond acceptors (Lipinski definition) is 5. The standard InChI is InChI=1S/C12H16N4O2/c1-7-3-10(9(4-13)8(2)14-7)16-5-11(17)15-12(18)6-16/h3H,4-6,13H2,1-2H3,(H,15,17,18). The van der Waals surface area contributed by atoms with Gasteiger partial charge in [-0.2, -0.15) is 0 Å². The van der Waals surface area contributed by atoms with E-state index in [1.807, 2.05) is 19.9 Å². The second-order valence-corrected chi connectivity index (χ2v) is 4.38. The molecule has 1 aromatic rings. The van der Waals surface area contributed by atoms with Gasteiger partial charge in [-0.25, -0.2) is 0 Å². The Morgan fingerprint density at radius 3 is 2.50 bits per heavy atom. The summed E-state index contributed by atoms with van der Waals surface area (Å²) in [7, 11) is 0.